The van der Waals surface area contributed by atoms with Gasteiger partial charge >= 0.3 is 0 Å². The van der Waals surface area contributed by atoms with Gasteiger partial charge in [0.25, 0.3) is 0 Å². The van der Waals surface area contributed by atoms with Crippen LogP contribution >= 0.6 is 0 Å². The van der Waals surface area contributed by atoms with Crippen LogP contribution in [-0.4, -0.2) is 28.3 Å². The third kappa shape index (κ3) is 6.03. The molecule has 0 aromatic heterocycles. The average molecular weight is 352 g/mol. The Kier molecular flexibility index (Phi) is 6.56. The third-order valence-corrected chi connectivity index (χ3v) is 4.06. The molecule has 4 nitrogen and oxygen atoms in total. The zero-order valence-corrected chi connectivity index (χ0v) is 16.0. The van der Waals surface area contributed by atoms with E-state index in [1.54, 1.807) is 11.8 Å². The quantitative estimate of drug-likeness (QED) is 0.864. The number of hydrogen-bond acceptors (Lipinski definition) is 2. The number of nitrogens with one attached hydrogen (secondary N) is 1. The highest BCUT2D eigenvalue weighted by Crippen LogP contribution is 2.13. The van der Waals surface area contributed by atoms with E-state index in [2.05, 4.69) is 5.32 Å². The lowest BCUT2D eigenvalue weighted by Gasteiger charge is -2.31. The molecule has 0 radical (unpaired) electrons. The Morgan fingerprint density at radius 3 is 1.92 bits per heavy atom. The van der Waals surface area contributed by atoms with E-state index < -0.39 is 6.04 Å². The van der Waals surface area contributed by atoms with E-state index in [9.17, 15) is 9.59 Å². The standard InChI is InChI=1S/C22H28N2O2/c1-17(21(26)23-22(2,3)4)24(16-19-13-9-6-10-14-19)20(25)15-18-11-7-5-8-12-18/h5-14,17H,15-16H2,1-4H3,(H,23,26). The van der Waals surface area contributed by atoms with Crippen LogP contribution in [0.5, 0.6) is 0 Å². The lowest BCUT2D eigenvalue weighted by Crippen LogP contribution is -2.52. The van der Waals surface area contributed by atoms with Gasteiger partial charge in [0.05, 0.1) is 6.42 Å². The van der Waals surface area contributed by atoms with Crippen molar-refractivity contribution in [3.8, 4) is 0 Å². The number of carbonyl (C=O) groups excluding carboxylic acids is 2. The predicted octanol–water partition coefficient (Wildman–Crippen LogP) is 3.56. The maximum Gasteiger partial charge on any atom is 0.242 e. The van der Waals surface area contributed by atoms with E-state index in [0.29, 0.717) is 6.54 Å². The summed E-state index contributed by atoms with van der Waals surface area (Å²) in [5.74, 6) is -0.202. The fourth-order valence-electron chi connectivity index (χ4n) is 2.71. The van der Waals surface area contributed by atoms with Crippen LogP contribution in [0.15, 0.2) is 60.7 Å². The number of benzene rings is 2. The molecule has 0 bridgehead atoms. The Morgan fingerprint density at radius 1 is 0.923 bits per heavy atom. The molecule has 138 valence electrons. The van der Waals surface area contributed by atoms with Gasteiger partial charge in [-0.25, -0.2) is 0 Å². The van der Waals surface area contributed by atoms with Crippen molar-refractivity contribution in [2.75, 3.05) is 0 Å². The summed E-state index contributed by atoms with van der Waals surface area (Å²) in [6, 6.07) is 18.8. The molecule has 1 unspecified atom stereocenters. The van der Waals surface area contributed by atoms with Gasteiger partial charge in [-0.2, -0.15) is 0 Å². The third-order valence-electron chi connectivity index (χ3n) is 4.06. The minimum atomic E-state index is -0.550. The summed E-state index contributed by atoms with van der Waals surface area (Å²) in [5, 5.41) is 2.97. The van der Waals surface area contributed by atoms with Crippen molar-refractivity contribution < 1.29 is 9.59 Å². The van der Waals surface area contributed by atoms with Crippen LogP contribution in [-0.2, 0) is 22.6 Å². The Morgan fingerprint density at radius 2 is 1.42 bits per heavy atom. The molecule has 2 aromatic carbocycles. The largest absolute Gasteiger partial charge is 0.350 e. The van der Waals surface area contributed by atoms with Crippen LogP contribution in [0, 0.1) is 0 Å². The molecule has 0 aliphatic rings. The maximum absolute atomic E-state index is 13.0. The molecule has 0 saturated carbocycles. The monoisotopic (exact) mass is 352 g/mol. The maximum atomic E-state index is 13.0. The predicted molar refractivity (Wildman–Crippen MR) is 104 cm³/mol. The lowest BCUT2D eigenvalue weighted by atomic mass is 10.1. The second-order valence-electron chi connectivity index (χ2n) is 7.58. The number of nitrogens with zero attached hydrogens (tertiary/aromatic N) is 1. The number of carbonyl (C=O) groups is 2. The van der Waals surface area contributed by atoms with Crippen LogP contribution in [0.1, 0.15) is 38.8 Å². The molecular formula is C22H28N2O2. The van der Waals surface area contributed by atoms with E-state index >= 15 is 0 Å². The SMILES string of the molecule is CC(C(=O)NC(C)(C)C)N(Cc1ccccc1)C(=O)Cc1ccccc1. The first kappa shape index (κ1) is 19.7. The molecule has 0 heterocycles. The summed E-state index contributed by atoms with van der Waals surface area (Å²) in [7, 11) is 0. The van der Waals surface area contributed by atoms with Crippen molar-refractivity contribution in [2.45, 2.75) is 52.2 Å². The summed E-state index contributed by atoms with van der Waals surface area (Å²) < 4.78 is 0. The smallest absolute Gasteiger partial charge is 0.242 e. The summed E-state index contributed by atoms with van der Waals surface area (Å²) in [6.45, 7) is 8.00. The molecule has 0 aliphatic heterocycles. The van der Waals surface area contributed by atoms with Gasteiger partial charge in [-0.05, 0) is 38.8 Å². The molecular weight excluding hydrogens is 324 g/mol. The van der Waals surface area contributed by atoms with Gasteiger partial charge in [-0.15, -0.1) is 0 Å². The van der Waals surface area contributed by atoms with Gasteiger partial charge < -0.3 is 10.2 Å². The topological polar surface area (TPSA) is 49.4 Å². The normalized spacial score (nSPS) is 12.3. The number of rotatable bonds is 6. The highest BCUT2D eigenvalue weighted by Gasteiger charge is 2.28. The molecule has 2 amide bonds. The summed E-state index contributed by atoms with van der Waals surface area (Å²) in [4.78, 5) is 27.3. The zero-order chi connectivity index (χ0) is 19.2. The lowest BCUT2D eigenvalue weighted by molar-refractivity contribution is -0.140. The van der Waals surface area contributed by atoms with E-state index in [-0.39, 0.29) is 23.8 Å². The van der Waals surface area contributed by atoms with Crippen LogP contribution in [0.3, 0.4) is 0 Å². The van der Waals surface area contributed by atoms with E-state index in [4.69, 9.17) is 0 Å². The molecule has 0 spiro atoms. The van der Waals surface area contributed by atoms with Gasteiger partial charge in [0, 0.05) is 12.1 Å². The molecule has 0 saturated heterocycles. The van der Waals surface area contributed by atoms with Crippen molar-refractivity contribution in [2.24, 2.45) is 0 Å². The molecule has 2 rings (SSSR count). The Hall–Kier alpha value is -2.62. The second kappa shape index (κ2) is 8.65. The second-order valence-corrected chi connectivity index (χ2v) is 7.58. The van der Waals surface area contributed by atoms with Crippen LogP contribution in [0.25, 0.3) is 0 Å². The van der Waals surface area contributed by atoms with Crippen molar-refractivity contribution in [1.82, 2.24) is 10.2 Å². The Balaban J connectivity index is 2.20. The summed E-state index contributed by atoms with van der Waals surface area (Å²) >= 11 is 0. The first-order valence-corrected chi connectivity index (χ1v) is 8.95. The fourth-order valence-corrected chi connectivity index (χ4v) is 2.71. The van der Waals surface area contributed by atoms with Gasteiger partial charge in [-0.3, -0.25) is 9.59 Å². The van der Waals surface area contributed by atoms with E-state index in [1.165, 1.54) is 0 Å². The molecule has 26 heavy (non-hydrogen) atoms. The van der Waals surface area contributed by atoms with Crippen LogP contribution in [0.2, 0.25) is 0 Å². The molecule has 0 fully saturated rings. The van der Waals surface area contributed by atoms with E-state index in [1.807, 2.05) is 81.4 Å². The summed E-state index contributed by atoms with van der Waals surface area (Å²) in [6.07, 6.45) is 0.279. The Labute approximate surface area is 156 Å². The van der Waals surface area contributed by atoms with Crippen LogP contribution < -0.4 is 5.32 Å². The van der Waals surface area contributed by atoms with Gasteiger partial charge in [-0.1, -0.05) is 60.7 Å². The van der Waals surface area contributed by atoms with Crippen molar-refractivity contribution in [3.63, 3.8) is 0 Å². The highest BCUT2D eigenvalue weighted by atomic mass is 16.2. The first-order valence-electron chi connectivity index (χ1n) is 8.95. The molecule has 1 N–H and O–H groups in total. The highest BCUT2D eigenvalue weighted by molar-refractivity contribution is 5.88. The molecule has 4 heteroatoms. The van der Waals surface area contributed by atoms with Gasteiger partial charge in [0.2, 0.25) is 11.8 Å². The zero-order valence-electron chi connectivity index (χ0n) is 16.0. The molecule has 0 aliphatic carbocycles. The van der Waals surface area contributed by atoms with Crippen molar-refractivity contribution in [1.29, 1.82) is 0 Å². The van der Waals surface area contributed by atoms with Crippen molar-refractivity contribution >= 4 is 11.8 Å². The first-order chi connectivity index (χ1) is 12.3. The van der Waals surface area contributed by atoms with Gasteiger partial charge in [0.1, 0.15) is 6.04 Å². The average Bonchev–Trinajstić information content (AvgIpc) is 2.59. The minimum Gasteiger partial charge on any atom is -0.350 e. The number of amides is 2. The van der Waals surface area contributed by atoms with E-state index in [0.717, 1.165) is 11.1 Å². The number of hydrogen-bond donors (Lipinski definition) is 1. The molecule has 2 aromatic rings. The van der Waals surface area contributed by atoms with Gasteiger partial charge in [0.15, 0.2) is 0 Å². The minimum absolute atomic E-state index is 0.0587. The van der Waals surface area contributed by atoms with Crippen molar-refractivity contribution in [3.05, 3.63) is 71.8 Å². The molecule has 1 atom stereocenters. The summed E-state index contributed by atoms with van der Waals surface area (Å²) in [5.41, 5.74) is 1.61. The van der Waals surface area contributed by atoms with Crippen LogP contribution in [0.4, 0.5) is 0 Å². The fraction of sp³-hybridized carbons (Fsp3) is 0.364. The Bertz CT molecular complexity index is 721.